The van der Waals surface area contributed by atoms with Crippen LogP contribution in [0.4, 0.5) is 0 Å². The fraction of sp³-hybridized carbons (Fsp3) is 0.294. The van der Waals surface area contributed by atoms with Crippen molar-refractivity contribution in [1.29, 1.82) is 0 Å². The fourth-order valence-corrected chi connectivity index (χ4v) is 6.03. The number of aromatic hydroxyl groups is 6. The van der Waals surface area contributed by atoms with Crippen molar-refractivity contribution in [2.45, 2.75) is 53.4 Å². The van der Waals surface area contributed by atoms with Crippen LogP contribution in [0.25, 0.3) is 32.7 Å². The molecule has 0 heterocycles. The first-order chi connectivity index (χ1) is 22.6. The second-order valence-electron chi connectivity index (χ2n) is 11.9. The van der Waals surface area contributed by atoms with Crippen LogP contribution in [0.2, 0.25) is 0 Å². The first-order valence-corrected chi connectivity index (χ1v) is 14.9. The lowest BCUT2D eigenvalue weighted by Gasteiger charge is -2.23. The number of aryl methyl sites for hydroxylation is 2. The van der Waals surface area contributed by atoms with Gasteiger partial charge in [0.15, 0.2) is 23.0 Å². The number of hydrogen-bond donors (Lipinski definition) is 10. The topological polar surface area (TPSA) is 245 Å². The summed E-state index contributed by atoms with van der Waals surface area (Å²) < 4.78 is 0. The molecular weight excluding hydrogens is 624 g/mol. The zero-order valence-corrected chi connectivity index (χ0v) is 27.2. The first kappa shape index (κ1) is 35.3. The summed E-state index contributed by atoms with van der Waals surface area (Å²) >= 11 is 0. The highest BCUT2D eigenvalue weighted by molar-refractivity contribution is 6.15. The number of carbonyl (C=O) groups excluding carboxylic acids is 2. The van der Waals surface area contributed by atoms with Crippen molar-refractivity contribution in [2.75, 3.05) is 13.2 Å². The molecule has 2 amide bonds. The number of phenols is 6. The number of fused-ring (bicyclic) bond motifs is 2. The van der Waals surface area contributed by atoms with Crippen LogP contribution in [0, 0.1) is 13.8 Å². The minimum absolute atomic E-state index is 0.0282. The quantitative estimate of drug-likeness (QED) is 0.0708. The van der Waals surface area contributed by atoms with Gasteiger partial charge < -0.3 is 40.9 Å². The van der Waals surface area contributed by atoms with Crippen molar-refractivity contribution < 1.29 is 50.4 Å². The first-order valence-electron chi connectivity index (χ1n) is 14.9. The molecule has 0 radical (unpaired) electrons. The minimum atomic E-state index is -0.858. The lowest BCUT2D eigenvalue weighted by Crippen LogP contribution is -2.20. The second kappa shape index (κ2) is 13.6. The number of amides is 2. The number of nitrogens with one attached hydrogen (secondary N) is 2. The third kappa shape index (κ3) is 5.98. The molecule has 0 bridgehead atoms. The third-order valence-electron chi connectivity index (χ3n) is 8.04. The highest BCUT2D eigenvalue weighted by Gasteiger charge is 2.29. The summed E-state index contributed by atoms with van der Waals surface area (Å²) in [6, 6.07) is 3.32. The van der Waals surface area contributed by atoms with E-state index in [1.165, 1.54) is 0 Å². The number of benzene rings is 4. The SMILES string of the molecule is Cc1cc2c(C(C)C)c(O)c(O)c(/C=N\NC(=O)CO)c2c(O)c1-c1c(C)cc2c(C(C)C)c(O)c(O)c(/C=N\NC(=O)CO)c2c1O. The maximum Gasteiger partial charge on any atom is 0.265 e. The maximum atomic E-state index is 12.0. The summed E-state index contributed by atoms with van der Waals surface area (Å²) in [5.74, 6) is -5.41. The van der Waals surface area contributed by atoms with Crippen molar-refractivity contribution >= 4 is 45.8 Å². The normalized spacial score (nSPS) is 12.0. The van der Waals surface area contributed by atoms with E-state index >= 15 is 0 Å². The van der Waals surface area contributed by atoms with Gasteiger partial charge in [0.25, 0.3) is 11.8 Å². The Morgan fingerprint density at radius 2 is 0.958 bits per heavy atom. The second-order valence-corrected chi connectivity index (χ2v) is 11.9. The molecule has 10 N–H and O–H groups in total. The predicted molar refractivity (Wildman–Crippen MR) is 180 cm³/mol. The fourth-order valence-electron chi connectivity index (χ4n) is 6.03. The Hall–Kier alpha value is -5.60. The highest BCUT2D eigenvalue weighted by Crippen LogP contribution is 2.54. The van der Waals surface area contributed by atoms with Gasteiger partial charge >= 0.3 is 0 Å². The number of carbonyl (C=O) groups is 2. The van der Waals surface area contributed by atoms with E-state index in [2.05, 4.69) is 21.1 Å². The summed E-state index contributed by atoms with van der Waals surface area (Å²) in [6.07, 6.45) is 2.01. The summed E-state index contributed by atoms with van der Waals surface area (Å²) in [4.78, 5) is 23.2. The number of nitrogens with zero attached hydrogens (tertiary/aromatic N) is 2. The van der Waals surface area contributed by atoms with Crippen LogP contribution in [0.15, 0.2) is 22.3 Å². The minimum Gasteiger partial charge on any atom is -0.507 e. The van der Waals surface area contributed by atoms with Gasteiger partial charge in [0, 0.05) is 33.0 Å². The summed E-state index contributed by atoms with van der Waals surface area (Å²) in [5.41, 5.74) is 5.55. The molecule has 48 heavy (non-hydrogen) atoms. The number of rotatable bonds is 9. The van der Waals surface area contributed by atoms with Gasteiger partial charge in [-0.15, -0.1) is 0 Å². The number of aliphatic hydroxyl groups is 2. The number of hydrogen-bond acceptors (Lipinski definition) is 12. The van der Waals surface area contributed by atoms with Crippen molar-refractivity contribution in [3.8, 4) is 45.6 Å². The Balaban J connectivity index is 2.19. The van der Waals surface area contributed by atoms with Crippen LogP contribution in [-0.4, -0.2) is 78.3 Å². The van der Waals surface area contributed by atoms with Gasteiger partial charge in [0.2, 0.25) is 0 Å². The van der Waals surface area contributed by atoms with Gasteiger partial charge in [-0.3, -0.25) is 9.59 Å². The Morgan fingerprint density at radius 3 is 1.25 bits per heavy atom. The van der Waals surface area contributed by atoms with Crippen LogP contribution >= 0.6 is 0 Å². The van der Waals surface area contributed by atoms with Crippen LogP contribution in [0.1, 0.15) is 72.9 Å². The lowest BCUT2D eigenvalue weighted by molar-refractivity contribution is -0.124. The molecule has 0 atom stereocenters. The van der Waals surface area contributed by atoms with Crippen molar-refractivity contribution in [3.63, 3.8) is 0 Å². The van der Waals surface area contributed by atoms with E-state index in [1.807, 2.05) is 0 Å². The Labute approximate surface area is 274 Å². The zero-order valence-electron chi connectivity index (χ0n) is 27.2. The molecular formula is C34H38N4O10. The van der Waals surface area contributed by atoms with E-state index in [-0.39, 0.29) is 44.9 Å². The van der Waals surface area contributed by atoms with Crippen molar-refractivity contribution in [3.05, 3.63) is 45.5 Å². The van der Waals surface area contributed by atoms with E-state index in [4.69, 9.17) is 10.2 Å². The van der Waals surface area contributed by atoms with E-state index in [1.54, 1.807) is 53.7 Å². The summed E-state index contributed by atoms with van der Waals surface area (Å²) in [5, 5.41) is 94.6. The molecule has 0 aromatic heterocycles. The monoisotopic (exact) mass is 662 g/mol. The molecule has 0 saturated heterocycles. The van der Waals surface area contributed by atoms with Crippen LogP contribution in [0.3, 0.4) is 0 Å². The van der Waals surface area contributed by atoms with Gasteiger partial charge in [-0.05, 0) is 47.6 Å². The van der Waals surface area contributed by atoms with E-state index in [0.717, 1.165) is 12.4 Å². The molecule has 4 rings (SSSR count). The molecule has 0 saturated carbocycles. The summed E-state index contributed by atoms with van der Waals surface area (Å²) in [6.45, 7) is 8.74. The van der Waals surface area contributed by atoms with E-state index < -0.39 is 59.5 Å². The molecule has 14 heteroatoms. The molecule has 4 aromatic rings. The third-order valence-corrected chi connectivity index (χ3v) is 8.04. The lowest BCUT2D eigenvalue weighted by atomic mass is 9.83. The Kier molecular flexibility index (Phi) is 10.0. The maximum absolute atomic E-state index is 12.0. The van der Waals surface area contributed by atoms with Crippen LogP contribution < -0.4 is 10.9 Å². The number of hydrazone groups is 2. The molecule has 14 nitrogen and oxygen atoms in total. The molecule has 0 spiro atoms. The molecule has 0 aliphatic heterocycles. The van der Waals surface area contributed by atoms with E-state index in [0.29, 0.717) is 33.0 Å². The zero-order chi connectivity index (χ0) is 35.8. The molecule has 4 aromatic carbocycles. The standard InChI is InChI=1S/C34H38N4O10/c1-13(2)23-17-7-15(5)25(31(45)27(17)19(29(43)33(23)47)9-35-37-21(41)11-39)26-16(6)8-18-24(14(3)4)34(48)30(44)20(28(18)32(26)46)10-36-38-22(42)12-40/h7-10,13-14,39-40,43-48H,11-12H2,1-6H3,(H,37,41)(H,38,42)/b35-9-,36-10-. The van der Waals surface area contributed by atoms with Crippen molar-refractivity contribution in [1.82, 2.24) is 10.9 Å². The van der Waals surface area contributed by atoms with E-state index in [9.17, 15) is 40.2 Å². The molecule has 0 aliphatic rings. The number of aliphatic hydroxyl groups excluding tert-OH is 2. The highest BCUT2D eigenvalue weighted by atomic mass is 16.3. The van der Waals surface area contributed by atoms with Gasteiger partial charge in [0.1, 0.15) is 24.7 Å². The van der Waals surface area contributed by atoms with Gasteiger partial charge in [0.05, 0.1) is 23.6 Å². The average Bonchev–Trinajstić information content (AvgIpc) is 3.01. The van der Waals surface area contributed by atoms with Crippen LogP contribution in [0.5, 0.6) is 34.5 Å². The smallest absolute Gasteiger partial charge is 0.265 e. The van der Waals surface area contributed by atoms with Crippen LogP contribution in [-0.2, 0) is 9.59 Å². The summed E-state index contributed by atoms with van der Waals surface area (Å²) in [7, 11) is 0. The molecule has 0 fully saturated rings. The Bertz CT molecular complexity index is 1890. The van der Waals surface area contributed by atoms with Crippen molar-refractivity contribution in [2.24, 2.45) is 10.2 Å². The van der Waals surface area contributed by atoms with Gasteiger partial charge in [-0.2, -0.15) is 10.2 Å². The largest absolute Gasteiger partial charge is 0.507 e. The van der Waals surface area contributed by atoms with Gasteiger partial charge in [-0.25, -0.2) is 10.9 Å². The Morgan fingerprint density at radius 1 is 0.625 bits per heavy atom. The molecule has 0 aliphatic carbocycles. The average molecular weight is 663 g/mol. The molecule has 254 valence electrons. The predicted octanol–water partition coefficient (Wildman–Crippen LogP) is 3.64. The number of phenolic OH excluding ortho intramolecular Hbond substituents is 6. The van der Waals surface area contributed by atoms with Gasteiger partial charge in [-0.1, -0.05) is 39.8 Å². The molecule has 0 unspecified atom stereocenters.